The van der Waals surface area contributed by atoms with Gasteiger partial charge in [0, 0.05) is 60.5 Å². The van der Waals surface area contributed by atoms with Crippen LogP contribution in [-0.2, 0) is 15.7 Å². The van der Waals surface area contributed by atoms with E-state index in [1.807, 2.05) is 24.3 Å². The van der Waals surface area contributed by atoms with Crippen LogP contribution in [0.2, 0.25) is 0 Å². The van der Waals surface area contributed by atoms with Gasteiger partial charge in [0.1, 0.15) is 17.2 Å². The van der Waals surface area contributed by atoms with Gasteiger partial charge in [0.2, 0.25) is 0 Å². The second kappa shape index (κ2) is 14.9. The highest BCUT2D eigenvalue weighted by molar-refractivity contribution is 6.60. The molecule has 9 heteroatoms. The molecule has 2 N–H and O–H groups in total. The van der Waals surface area contributed by atoms with Crippen LogP contribution in [0.1, 0.15) is 73.3 Å². The van der Waals surface area contributed by atoms with Crippen LogP contribution in [0.15, 0.2) is 106 Å². The summed E-state index contributed by atoms with van der Waals surface area (Å²) in [5, 5.41) is 20.5. The molecule has 8 nitrogen and oxygen atoms in total. The maximum Gasteiger partial charge on any atom is 0.666 e. The topological polar surface area (TPSA) is 91.6 Å². The van der Waals surface area contributed by atoms with Gasteiger partial charge in [-0.05, 0) is 80.3 Å². The summed E-state index contributed by atoms with van der Waals surface area (Å²) < 4.78 is 18.9. The van der Waals surface area contributed by atoms with Gasteiger partial charge in [-0.3, -0.25) is 9.98 Å². The van der Waals surface area contributed by atoms with Gasteiger partial charge in [0.05, 0.1) is 18.7 Å². The predicted octanol–water partition coefficient (Wildman–Crippen LogP) is 7.62. The van der Waals surface area contributed by atoms with Crippen molar-refractivity contribution < 1.29 is 24.0 Å². The fourth-order valence-corrected chi connectivity index (χ4v) is 7.78. The lowest BCUT2D eigenvalue weighted by atomic mass is 9.78. The molecule has 3 heterocycles. The zero-order chi connectivity index (χ0) is 35.4. The van der Waals surface area contributed by atoms with Crippen molar-refractivity contribution >= 4 is 30.5 Å². The summed E-state index contributed by atoms with van der Waals surface area (Å²) in [6, 6.07) is 25.0. The van der Waals surface area contributed by atoms with E-state index in [-0.39, 0.29) is 24.7 Å². The number of benzene rings is 3. The molecule has 50 heavy (non-hydrogen) atoms. The van der Waals surface area contributed by atoms with E-state index in [0.717, 1.165) is 41.2 Å². The number of rotatable bonds is 13. The molecule has 0 fully saturated rings. The average molecular weight is 671 g/mol. The van der Waals surface area contributed by atoms with E-state index in [9.17, 15) is 10.2 Å². The van der Waals surface area contributed by atoms with Crippen LogP contribution >= 0.6 is 0 Å². The molecule has 0 saturated heterocycles. The number of aromatic nitrogens is 1. The van der Waals surface area contributed by atoms with Crippen LogP contribution in [0, 0.1) is 13.8 Å². The van der Waals surface area contributed by atoms with E-state index in [4.69, 9.17) is 9.31 Å². The predicted molar refractivity (Wildman–Crippen MR) is 204 cm³/mol. The molecule has 0 spiro atoms. The SMILES string of the molecule is CCC1=C(C)C2=C(c3ccccc3)c3c(C)c(CC)c(C)n3[B-](OCCN=Cc3ccccc3O)(OCCN=Cc3ccccc3O)[N+]2=C1C. The zero-order valence-electron chi connectivity index (χ0n) is 30.0. The maximum absolute atomic E-state index is 10.3. The number of phenols is 2. The molecular weight excluding hydrogens is 623 g/mol. The first kappa shape index (κ1) is 34.9. The molecule has 1 aromatic heterocycles. The molecule has 0 atom stereocenters. The molecule has 2 aliphatic heterocycles. The number of fused-ring (bicyclic) bond motifs is 2. The third-order valence-electron chi connectivity index (χ3n) is 10.0. The van der Waals surface area contributed by atoms with Crippen molar-refractivity contribution in [3.63, 3.8) is 0 Å². The second-order valence-corrected chi connectivity index (χ2v) is 12.8. The molecule has 0 amide bonds. The van der Waals surface area contributed by atoms with Crippen LogP contribution in [0.5, 0.6) is 11.5 Å². The Bertz CT molecular complexity index is 1990. The van der Waals surface area contributed by atoms with Gasteiger partial charge in [-0.15, -0.1) is 0 Å². The summed E-state index contributed by atoms with van der Waals surface area (Å²) in [5.74, 6) is 0.374. The van der Waals surface area contributed by atoms with Gasteiger partial charge in [-0.25, -0.2) is 0 Å². The number of hydrogen-bond donors (Lipinski definition) is 2. The molecule has 0 radical (unpaired) electrons. The monoisotopic (exact) mass is 670 g/mol. The smallest absolute Gasteiger partial charge is 0.507 e. The number of aromatic hydroxyl groups is 2. The average Bonchev–Trinajstić information content (AvgIpc) is 3.53. The van der Waals surface area contributed by atoms with E-state index in [0.29, 0.717) is 24.2 Å². The third kappa shape index (κ3) is 6.16. The number of para-hydroxylation sites is 2. The molecule has 0 aliphatic carbocycles. The van der Waals surface area contributed by atoms with Crippen molar-refractivity contribution in [2.45, 2.75) is 54.4 Å². The van der Waals surface area contributed by atoms with Crippen LogP contribution in [0.4, 0.5) is 0 Å². The lowest BCUT2D eigenvalue weighted by Crippen LogP contribution is -2.63. The van der Waals surface area contributed by atoms with Crippen molar-refractivity contribution in [3.05, 3.63) is 135 Å². The number of hydrogen-bond acceptors (Lipinski definition) is 6. The fourth-order valence-electron chi connectivity index (χ4n) is 7.78. The van der Waals surface area contributed by atoms with Crippen molar-refractivity contribution in [3.8, 4) is 11.5 Å². The van der Waals surface area contributed by atoms with Crippen LogP contribution in [0.3, 0.4) is 0 Å². The fraction of sp³-hybridized carbons (Fsp3) is 0.293. The van der Waals surface area contributed by atoms with Crippen molar-refractivity contribution in [1.29, 1.82) is 0 Å². The number of phenolic OH excluding ortho intramolecular Hbond substituents is 2. The Morgan fingerprint density at radius 2 is 1.28 bits per heavy atom. The van der Waals surface area contributed by atoms with E-state index >= 15 is 0 Å². The zero-order valence-corrected chi connectivity index (χ0v) is 30.0. The summed E-state index contributed by atoms with van der Waals surface area (Å²) in [6.45, 7) is 12.1. The maximum atomic E-state index is 10.3. The van der Waals surface area contributed by atoms with Crippen LogP contribution in [-0.4, -0.2) is 70.4 Å². The highest BCUT2D eigenvalue weighted by Gasteiger charge is 2.57. The van der Waals surface area contributed by atoms with Crippen LogP contribution in [0.25, 0.3) is 5.57 Å². The first-order valence-corrected chi connectivity index (χ1v) is 17.6. The Balaban J connectivity index is 1.49. The van der Waals surface area contributed by atoms with Gasteiger partial charge >= 0.3 is 6.82 Å². The lowest BCUT2D eigenvalue weighted by Gasteiger charge is -2.43. The Labute approximate surface area is 295 Å². The molecule has 0 unspecified atom stereocenters. The van der Waals surface area contributed by atoms with Crippen LogP contribution < -0.4 is 0 Å². The van der Waals surface area contributed by atoms with Crippen molar-refractivity contribution in [1.82, 2.24) is 4.48 Å². The quantitative estimate of drug-likeness (QED) is 0.0870. The van der Waals surface area contributed by atoms with Gasteiger partial charge in [-0.2, -0.15) is 0 Å². The van der Waals surface area contributed by atoms with Gasteiger partial charge in [-0.1, -0.05) is 68.4 Å². The number of aliphatic imine (C=N–C) groups is 2. The van der Waals surface area contributed by atoms with Gasteiger partial charge in [0.15, 0.2) is 5.70 Å². The molecule has 258 valence electrons. The molecule has 0 saturated carbocycles. The molecule has 3 aromatic carbocycles. The standard InChI is InChI=1S/C41H47BN4O4/c1-7-35-28(3)40-39(32-16-10-9-11-17-32)41-29(4)36(8-2)31(6)46(41)42(45(40)30(35)5,49-24-22-43-26-33-18-12-14-20-37(33)47)50-25-23-44-27-34-19-13-15-21-38(34)48/h9-21,26-27,47-48H,7-8,22-25H2,1-6H3. The summed E-state index contributed by atoms with van der Waals surface area (Å²) in [4.78, 5) is 9.28. The Hall–Kier alpha value is -4.99. The lowest BCUT2D eigenvalue weighted by molar-refractivity contribution is -0.386. The number of nitrogens with zero attached hydrogens (tertiary/aromatic N) is 4. The van der Waals surface area contributed by atoms with E-state index < -0.39 is 6.82 Å². The summed E-state index contributed by atoms with van der Waals surface area (Å²) in [5.41, 5.74) is 13.1. The van der Waals surface area contributed by atoms with E-state index in [1.165, 1.54) is 27.8 Å². The minimum Gasteiger partial charge on any atom is -0.507 e. The third-order valence-corrected chi connectivity index (χ3v) is 10.0. The normalized spacial score (nSPS) is 17.5. The minimum absolute atomic E-state index is 0.187. The Kier molecular flexibility index (Phi) is 10.4. The Morgan fingerprint density at radius 3 is 1.80 bits per heavy atom. The van der Waals surface area contributed by atoms with E-state index in [1.54, 1.807) is 36.7 Å². The number of allylic oxidation sites excluding steroid dienone is 2. The minimum atomic E-state index is -2.36. The van der Waals surface area contributed by atoms with Crippen molar-refractivity contribution in [2.24, 2.45) is 9.98 Å². The van der Waals surface area contributed by atoms with Gasteiger partial charge < -0.3 is 28.5 Å². The van der Waals surface area contributed by atoms with Crippen molar-refractivity contribution in [2.75, 3.05) is 26.3 Å². The molecular formula is C41H47BN4O4. The Morgan fingerprint density at radius 1 is 0.740 bits per heavy atom. The first-order chi connectivity index (χ1) is 24.2. The molecule has 0 bridgehead atoms. The largest absolute Gasteiger partial charge is 0.666 e. The second-order valence-electron chi connectivity index (χ2n) is 12.8. The highest BCUT2D eigenvalue weighted by atomic mass is 16.6. The highest BCUT2D eigenvalue weighted by Crippen LogP contribution is 2.47. The summed E-state index contributed by atoms with van der Waals surface area (Å²) in [6.07, 6.45) is 5.11. The molecule has 6 rings (SSSR count). The summed E-state index contributed by atoms with van der Waals surface area (Å²) in [7, 11) is 0. The van der Waals surface area contributed by atoms with Gasteiger partial charge in [0.25, 0.3) is 0 Å². The first-order valence-electron chi connectivity index (χ1n) is 17.6. The molecule has 2 aliphatic rings. The summed E-state index contributed by atoms with van der Waals surface area (Å²) >= 11 is 0. The van der Waals surface area contributed by atoms with E-state index in [2.05, 4.69) is 90.8 Å². The molecule has 4 aromatic rings.